The minimum absolute atomic E-state index is 0.0111. The summed E-state index contributed by atoms with van der Waals surface area (Å²) in [6.45, 7) is 14.0. The van der Waals surface area contributed by atoms with Gasteiger partial charge in [-0.3, -0.25) is 19.6 Å². The number of esters is 1. The van der Waals surface area contributed by atoms with Crippen molar-refractivity contribution in [2.24, 2.45) is 16.7 Å². The van der Waals surface area contributed by atoms with Crippen LogP contribution in [0.1, 0.15) is 89.6 Å². The van der Waals surface area contributed by atoms with Crippen molar-refractivity contribution in [3.05, 3.63) is 58.2 Å². The van der Waals surface area contributed by atoms with Crippen molar-refractivity contribution in [1.29, 1.82) is 0 Å². The number of hydrogen-bond donors (Lipinski definition) is 3. The number of methoxy groups -OCH3 is 1. The molecule has 1 spiro atoms. The molecule has 17 heteroatoms. The maximum atomic E-state index is 14.7. The molecule has 4 amide bonds. The molecule has 8 rings (SSSR count). The molecule has 16 nitrogen and oxygen atoms in total. The van der Waals surface area contributed by atoms with Crippen molar-refractivity contribution >= 4 is 46.1 Å². The van der Waals surface area contributed by atoms with Crippen molar-refractivity contribution in [2.75, 3.05) is 54.5 Å². The molecule has 2 saturated heterocycles. The first-order valence-electron chi connectivity index (χ1n) is 23.3. The van der Waals surface area contributed by atoms with Crippen molar-refractivity contribution in [3.63, 3.8) is 0 Å². The average Bonchev–Trinajstić information content (AvgIpc) is 3.84. The highest BCUT2D eigenvalue weighted by molar-refractivity contribution is 7.10. The first-order chi connectivity index (χ1) is 31.3. The van der Waals surface area contributed by atoms with Gasteiger partial charge in [-0.25, -0.2) is 14.6 Å². The number of hydrazine groups is 1. The zero-order valence-corrected chi connectivity index (χ0v) is 41.0. The number of likely N-dealkylation sites (N-methyl/N-ethyl adjacent to an activating group) is 1. The van der Waals surface area contributed by atoms with Gasteiger partial charge in [0.05, 0.1) is 34.8 Å². The maximum Gasteiger partial charge on any atom is 0.355 e. The fourth-order valence-electron chi connectivity index (χ4n) is 10.6. The molecule has 3 aromatic heterocycles. The van der Waals surface area contributed by atoms with E-state index in [4.69, 9.17) is 19.4 Å². The highest BCUT2D eigenvalue weighted by Gasteiger charge is 2.55. The summed E-state index contributed by atoms with van der Waals surface area (Å²) in [6, 6.07) is 8.58. The Morgan fingerprint density at radius 2 is 1.86 bits per heavy atom. The SMILES string of the molecule is CCn1c(-c2cccnc2[C@H](C)OC)c2c3cc(ccc31)-c1csc(n1)C[C@H](NC(=O)[C@H](C(C)C)N(C)C(=O)N1CC3(CC(N(C)C)C3)C1)C(=O)N1CCC[C@@](O)(N1)C(=O)OCC(C)(C)C2. The number of nitrogens with one attached hydrogen (secondary N) is 2. The van der Waals surface area contributed by atoms with Crippen molar-refractivity contribution in [3.8, 4) is 22.5 Å². The van der Waals surface area contributed by atoms with Gasteiger partial charge < -0.3 is 39.2 Å². The molecular formula is C49H67N9O7S. The maximum absolute atomic E-state index is 14.7. The summed E-state index contributed by atoms with van der Waals surface area (Å²) >= 11 is 1.39. The van der Waals surface area contributed by atoms with E-state index in [1.807, 2.05) is 51.0 Å². The monoisotopic (exact) mass is 925 g/mol. The van der Waals surface area contributed by atoms with E-state index in [1.165, 1.54) is 21.2 Å². The predicted octanol–water partition coefficient (Wildman–Crippen LogP) is 5.62. The third-order valence-corrected chi connectivity index (χ3v) is 15.1. The van der Waals surface area contributed by atoms with Crippen LogP contribution in [-0.4, -0.2) is 142 Å². The number of rotatable bonds is 9. The van der Waals surface area contributed by atoms with Crippen LogP contribution in [0.2, 0.25) is 0 Å². The van der Waals surface area contributed by atoms with Gasteiger partial charge in [-0.15, -0.1) is 11.3 Å². The van der Waals surface area contributed by atoms with E-state index in [0.29, 0.717) is 43.5 Å². The molecule has 0 radical (unpaired) electrons. The van der Waals surface area contributed by atoms with Crippen molar-refractivity contribution in [2.45, 2.75) is 117 Å². The molecule has 3 aliphatic heterocycles. The van der Waals surface area contributed by atoms with Gasteiger partial charge in [-0.1, -0.05) is 33.8 Å². The fraction of sp³-hybridized carbons (Fsp3) is 0.592. The normalized spacial score (nSPS) is 23.0. The lowest BCUT2D eigenvalue weighted by Gasteiger charge is -2.60. The molecule has 4 aliphatic rings. The summed E-state index contributed by atoms with van der Waals surface area (Å²) in [7, 11) is 7.49. The van der Waals surface area contributed by atoms with Crippen LogP contribution in [0, 0.1) is 16.7 Å². The van der Waals surface area contributed by atoms with E-state index < -0.39 is 41.0 Å². The summed E-state index contributed by atoms with van der Waals surface area (Å²) in [5.41, 5.74) is 6.55. The smallest absolute Gasteiger partial charge is 0.355 e. The third kappa shape index (κ3) is 8.96. The molecule has 6 heterocycles. The van der Waals surface area contributed by atoms with Crippen LogP contribution in [0.25, 0.3) is 33.4 Å². The van der Waals surface area contributed by atoms with Crippen molar-refractivity contribution < 1.29 is 33.8 Å². The number of carbonyl (C=O) groups is 4. The minimum atomic E-state index is -2.20. The van der Waals surface area contributed by atoms with Gasteiger partial charge >= 0.3 is 12.0 Å². The Morgan fingerprint density at radius 3 is 2.55 bits per heavy atom. The molecule has 1 saturated carbocycles. The number of carbonyl (C=O) groups excluding carboxylic acids is 4. The second kappa shape index (κ2) is 18.3. The number of fused-ring (bicyclic) bond motifs is 6. The highest BCUT2D eigenvalue weighted by Crippen LogP contribution is 2.50. The lowest BCUT2D eigenvalue weighted by atomic mass is 9.60. The number of pyridine rings is 1. The molecule has 1 aliphatic carbocycles. The number of amides is 4. The lowest BCUT2D eigenvalue weighted by molar-refractivity contribution is -0.189. The van der Waals surface area contributed by atoms with Crippen LogP contribution < -0.4 is 10.7 Å². The van der Waals surface area contributed by atoms with E-state index in [2.05, 4.69) is 65.5 Å². The van der Waals surface area contributed by atoms with Crippen molar-refractivity contribution in [1.82, 2.24) is 45.0 Å². The number of aryl methyl sites for hydroxylation is 1. The number of ether oxygens (including phenoxy) is 2. The highest BCUT2D eigenvalue weighted by atomic mass is 32.1. The molecular weight excluding hydrogens is 859 g/mol. The number of aliphatic hydroxyl groups is 1. The summed E-state index contributed by atoms with van der Waals surface area (Å²) in [5.74, 6) is -2.21. The number of nitrogens with zero attached hydrogens (tertiary/aromatic N) is 7. The lowest BCUT2D eigenvalue weighted by Crippen LogP contribution is -2.69. The Hall–Kier alpha value is -4.94. The van der Waals surface area contributed by atoms with Gasteiger partial charge in [0.15, 0.2) is 0 Å². The first kappa shape index (κ1) is 47.5. The Balaban J connectivity index is 1.15. The molecule has 3 N–H and O–H groups in total. The number of cyclic esters (lactones) is 1. The number of likely N-dealkylation sites (tertiary alicyclic amines) is 1. The molecule has 0 unspecified atom stereocenters. The zero-order valence-electron chi connectivity index (χ0n) is 40.1. The molecule has 1 aromatic carbocycles. The van der Waals surface area contributed by atoms with Gasteiger partial charge in [0.2, 0.25) is 11.6 Å². The molecule has 6 bridgehead atoms. The van der Waals surface area contributed by atoms with Crippen LogP contribution in [0.5, 0.6) is 0 Å². The summed E-state index contributed by atoms with van der Waals surface area (Å²) < 4.78 is 14.1. The number of aromatic nitrogens is 3. The van der Waals surface area contributed by atoms with Crippen LogP contribution in [0.4, 0.5) is 4.79 Å². The summed E-state index contributed by atoms with van der Waals surface area (Å²) in [4.78, 5) is 72.4. The summed E-state index contributed by atoms with van der Waals surface area (Å²) in [5, 5.41) is 19.7. The van der Waals surface area contributed by atoms with Gasteiger partial charge in [0, 0.05) is 104 Å². The standard InChI is InChI=1S/C49H67N9O7S/c1-11-57-38-16-15-31-20-34(38)35(42(57)33-14-12-18-50-40(33)30(4)64-10)24-47(5,6)28-65-45(61)49(63)17-13-19-58(53-49)44(60)36(21-39-51-37(31)25-66-39)52-43(59)41(29(2)3)55(9)46(62)56-26-48(27-56)22-32(23-48)54(7)8/h12,14-16,18,20,25,29-30,32,36,41,53,63H,11,13,17,19,21-24,26-28H2,1-10H3,(H,52,59)/t30-,36-,41-,49-/m0/s1. The van der Waals surface area contributed by atoms with Gasteiger partial charge in [-0.05, 0) is 89.4 Å². The molecule has 3 fully saturated rings. The molecule has 4 atom stereocenters. The minimum Gasteiger partial charge on any atom is -0.462 e. The van der Waals surface area contributed by atoms with Crippen LogP contribution in [-0.2, 0) is 43.2 Å². The van der Waals surface area contributed by atoms with E-state index in [0.717, 1.165) is 57.5 Å². The van der Waals surface area contributed by atoms with Crippen LogP contribution in [0.3, 0.4) is 0 Å². The fourth-order valence-corrected chi connectivity index (χ4v) is 11.4. The van der Waals surface area contributed by atoms with Gasteiger partial charge in [-0.2, -0.15) is 5.43 Å². The number of thiazole rings is 1. The largest absolute Gasteiger partial charge is 0.462 e. The van der Waals surface area contributed by atoms with Crippen LogP contribution in [0.15, 0.2) is 41.9 Å². The van der Waals surface area contributed by atoms with E-state index in [1.54, 1.807) is 20.4 Å². The van der Waals surface area contributed by atoms with E-state index in [-0.39, 0.29) is 49.5 Å². The zero-order chi connectivity index (χ0) is 47.5. The predicted molar refractivity (Wildman–Crippen MR) is 253 cm³/mol. The molecule has 356 valence electrons. The topological polar surface area (TPSA) is 175 Å². The molecule has 4 aromatic rings. The number of hydrogen-bond acceptors (Lipinski definition) is 12. The number of urea groups is 1. The Kier molecular flexibility index (Phi) is 13.2. The number of benzene rings is 1. The average molecular weight is 926 g/mol. The quantitative estimate of drug-likeness (QED) is 0.178. The second-order valence-electron chi connectivity index (χ2n) is 20.5. The van der Waals surface area contributed by atoms with E-state index in [9.17, 15) is 24.3 Å². The summed E-state index contributed by atoms with van der Waals surface area (Å²) in [6.07, 6.45) is 4.43. The Labute approximate surface area is 392 Å². The molecule has 66 heavy (non-hydrogen) atoms. The first-order valence-corrected chi connectivity index (χ1v) is 24.2. The van der Waals surface area contributed by atoms with Gasteiger partial charge in [0.25, 0.3) is 5.91 Å². The third-order valence-electron chi connectivity index (χ3n) is 14.3. The van der Waals surface area contributed by atoms with Crippen LogP contribution >= 0.6 is 11.3 Å². The Bertz CT molecular complexity index is 2490. The van der Waals surface area contributed by atoms with E-state index >= 15 is 0 Å². The Morgan fingerprint density at radius 1 is 1.12 bits per heavy atom. The second-order valence-corrected chi connectivity index (χ2v) is 21.4. The van der Waals surface area contributed by atoms with Gasteiger partial charge in [0.1, 0.15) is 12.1 Å².